The summed E-state index contributed by atoms with van der Waals surface area (Å²) in [5.74, 6) is -0.567. The third-order valence-electron chi connectivity index (χ3n) is 6.69. The minimum absolute atomic E-state index is 0.0777. The fourth-order valence-electron chi connectivity index (χ4n) is 4.20. The molecule has 0 aliphatic heterocycles. The monoisotopic (exact) mass is 583 g/mol. The molecule has 0 aliphatic rings. The molecule has 1 atom stereocenters. The molecular formula is C31H38ClN3O4S. The molecule has 3 aromatic carbocycles. The number of hydrogen-bond donors (Lipinski definition) is 1. The summed E-state index contributed by atoms with van der Waals surface area (Å²) in [5.41, 5.74) is 3.06. The zero-order valence-electron chi connectivity index (χ0n) is 23.7. The van der Waals surface area contributed by atoms with E-state index < -0.39 is 28.5 Å². The summed E-state index contributed by atoms with van der Waals surface area (Å²) in [7, 11) is -4.11. The number of sulfonamides is 1. The van der Waals surface area contributed by atoms with Crippen LogP contribution in [0.4, 0.5) is 5.69 Å². The summed E-state index contributed by atoms with van der Waals surface area (Å²) in [6.45, 7) is 9.64. The quantitative estimate of drug-likeness (QED) is 0.287. The highest BCUT2D eigenvalue weighted by atomic mass is 35.5. The predicted molar refractivity (Wildman–Crippen MR) is 161 cm³/mol. The van der Waals surface area contributed by atoms with Crippen molar-refractivity contribution in [1.29, 1.82) is 0 Å². The minimum Gasteiger partial charge on any atom is -0.354 e. The van der Waals surface area contributed by atoms with Gasteiger partial charge in [0.15, 0.2) is 0 Å². The molecule has 0 radical (unpaired) electrons. The first-order valence-corrected chi connectivity index (χ1v) is 15.3. The fourth-order valence-corrected chi connectivity index (χ4v) is 5.83. The van der Waals surface area contributed by atoms with E-state index >= 15 is 0 Å². The third-order valence-corrected chi connectivity index (χ3v) is 8.72. The average Bonchev–Trinajstić information content (AvgIpc) is 2.93. The second-order valence-electron chi connectivity index (χ2n) is 10.2. The van der Waals surface area contributed by atoms with Gasteiger partial charge in [0.1, 0.15) is 12.6 Å². The Bertz CT molecular complexity index is 1410. The summed E-state index contributed by atoms with van der Waals surface area (Å²) >= 11 is 6.19. The van der Waals surface area contributed by atoms with Crippen LogP contribution in [-0.4, -0.2) is 44.3 Å². The number of amides is 2. The maximum Gasteiger partial charge on any atom is 0.264 e. The second kappa shape index (κ2) is 13.8. The molecule has 0 bridgehead atoms. The highest BCUT2D eigenvalue weighted by Gasteiger charge is 2.32. The van der Waals surface area contributed by atoms with Crippen molar-refractivity contribution < 1.29 is 18.0 Å². The summed E-state index contributed by atoms with van der Waals surface area (Å²) in [4.78, 5) is 28.4. The number of hydrogen-bond acceptors (Lipinski definition) is 4. The van der Waals surface area contributed by atoms with Gasteiger partial charge in [0, 0.05) is 18.1 Å². The van der Waals surface area contributed by atoms with Gasteiger partial charge in [-0.3, -0.25) is 13.9 Å². The number of anilines is 1. The van der Waals surface area contributed by atoms with Gasteiger partial charge in [-0.2, -0.15) is 0 Å². The molecular weight excluding hydrogens is 546 g/mol. The first-order valence-electron chi connectivity index (χ1n) is 13.4. The van der Waals surface area contributed by atoms with Gasteiger partial charge in [-0.15, -0.1) is 0 Å². The lowest BCUT2D eigenvalue weighted by Crippen LogP contribution is -2.51. The van der Waals surface area contributed by atoms with Gasteiger partial charge in [-0.25, -0.2) is 8.42 Å². The van der Waals surface area contributed by atoms with Crippen LogP contribution in [0.15, 0.2) is 77.7 Å². The van der Waals surface area contributed by atoms with E-state index in [-0.39, 0.29) is 23.3 Å². The van der Waals surface area contributed by atoms with E-state index in [4.69, 9.17) is 11.6 Å². The molecule has 0 aromatic heterocycles. The highest BCUT2D eigenvalue weighted by Crippen LogP contribution is 2.27. The number of halogens is 1. The molecule has 1 N–H and O–H groups in total. The van der Waals surface area contributed by atoms with Gasteiger partial charge in [0.05, 0.1) is 10.6 Å². The van der Waals surface area contributed by atoms with Crippen molar-refractivity contribution in [1.82, 2.24) is 10.2 Å². The first kappa shape index (κ1) is 31.2. The van der Waals surface area contributed by atoms with Crippen LogP contribution in [0.5, 0.6) is 0 Å². The number of nitrogens with one attached hydrogen (secondary N) is 1. The van der Waals surface area contributed by atoms with Crippen LogP contribution in [0.25, 0.3) is 0 Å². The molecule has 7 nitrogen and oxygen atoms in total. The van der Waals surface area contributed by atoms with E-state index in [1.54, 1.807) is 49.4 Å². The molecule has 0 aliphatic carbocycles. The normalized spacial score (nSPS) is 12.2. The molecule has 0 saturated carbocycles. The van der Waals surface area contributed by atoms with Crippen LogP contribution < -0.4 is 9.62 Å². The number of nitrogens with zero attached hydrogens (tertiary/aromatic N) is 2. The maximum absolute atomic E-state index is 14.0. The van der Waals surface area contributed by atoms with Crippen LogP contribution in [0.2, 0.25) is 5.02 Å². The molecule has 0 saturated heterocycles. The molecule has 0 fully saturated rings. The van der Waals surface area contributed by atoms with Crippen LogP contribution >= 0.6 is 11.6 Å². The Balaban J connectivity index is 2.03. The van der Waals surface area contributed by atoms with Crippen molar-refractivity contribution >= 4 is 39.1 Å². The molecule has 214 valence electrons. The lowest BCUT2D eigenvalue weighted by Gasteiger charge is -2.32. The molecule has 3 aromatic rings. The average molecular weight is 584 g/mol. The number of benzene rings is 3. The number of rotatable bonds is 12. The maximum atomic E-state index is 14.0. The molecule has 40 heavy (non-hydrogen) atoms. The van der Waals surface area contributed by atoms with Crippen LogP contribution in [0.1, 0.15) is 56.7 Å². The summed E-state index contributed by atoms with van der Waals surface area (Å²) in [6.07, 6.45) is 0.746. The molecule has 0 heterocycles. The molecule has 9 heteroatoms. The van der Waals surface area contributed by atoms with Crippen LogP contribution in [-0.2, 0) is 26.2 Å². The lowest BCUT2D eigenvalue weighted by molar-refractivity contribution is -0.139. The van der Waals surface area contributed by atoms with Gasteiger partial charge in [0.25, 0.3) is 10.0 Å². The summed E-state index contributed by atoms with van der Waals surface area (Å²) < 4.78 is 29.0. The standard InChI is InChI=1S/C31H38ClN3O4S/c1-6-18-33-31(37)24(5)34(20-25-8-7-9-27(32)19-25)30(36)21-35(28-14-12-26(13-15-28)22(2)3)40(38,39)29-16-10-23(4)11-17-29/h7-17,19,22,24H,6,18,20-21H2,1-5H3,(H,33,37)/t24-/m0/s1. The summed E-state index contributed by atoms with van der Waals surface area (Å²) in [6, 6.07) is 19.9. The predicted octanol–water partition coefficient (Wildman–Crippen LogP) is 5.91. The largest absolute Gasteiger partial charge is 0.354 e. The van der Waals surface area contributed by atoms with Gasteiger partial charge in [0.2, 0.25) is 11.8 Å². The van der Waals surface area contributed by atoms with Gasteiger partial charge < -0.3 is 10.2 Å². The number of aryl methyl sites for hydroxylation is 1. The zero-order valence-corrected chi connectivity index (χ0v) is 25.3. The minimum atomic E-state index is -4.11. The van der Waals surface area contributed by atoms with E-state index in [0.29, 0.717) is 17.3 Å². The van der Waals surface area contributed by atoms with Crippen molar-refractivity contribution in [2.45, 2.75) is 64.4 Å². The number of carbonyl (C=O) groups is 2. The Morgan fingerprint density at radius 3 is 2.17 bits per heavy atom. The SMILES string of the molecule is CCCNC(=O)[C@H](C)N(Cc1cccc(Cl)c1)C(=O)CN(c1ccc(C(C)C)cc1)S(=O)(=O)c1ccc(C)cc1. The van der Waals surface area contributed by atoms with Gasteiger partial charge in [-0.1, -0.05) is 74.3 Å². The van der Waals surface area contributed by atoms with Gasteiger partial charge >= 0.3 is 0 Å². The van der Waals surface area contributed by atoms with E-state index in [0.717, 1.165) is 27.4 Å². The van der Waals surface area contributed by atoms with E-state index in [1.165, 1.54) is 17.0 Å². The fraction of sp³-hybridized carbons (Fsp3) is 0.355. The summed E-state index contributed by atoms with van der Waals surface area (Å²) in [5, 5.41) is 3.34. The first-order chi connectivity index (χ1) is 18.9. The Morgan fingerprint density at radius 1 is 0.950 bits per heavy atom. The highest BCUT2D eigenvalue weighted by molar-refractivity contribution is 7.92. The second-order valence-corrected chi connectivity index (χ2v) is 12.5. The Morgan fingerprint density at radius 2 is 1.60 bits per heavy atom. The topological polar surface area (TPSA) is 86.8 Å². The van der Waals surface area contributed by atoms with E-state index in [2.05, 4.69) is 19.2 Å². The van der Waals surface area contributed by atoms with Crippen molar-refractivity contribution in [2.75, 3.05) is 17.4 Å². The smallest absolute Gasteiger partial charge is 0.264 e. The van der Waals surface area contributed by atoms with Crippen LogP contribution in [0, 0.1) is 6.92 Å². The van der Waals surface area contributed by atoms with Crippen molar-refractivity contribution in [3.05, 3.63) is 94.5 Å². The third kappa shape index (κ3) is 7.86. The van der Waals surface area contributed by atoms with E-state index in [1.807, 2.05) is 32.0 Å². The molecule has 0 spiro atoms. The van der Waals surface area contributed by atoms with Crippen molar-refractivity contribution in [3.8, 4) is 0 Å². The molecule has 3 rings (SSSR count). The van der Waals surface area contributed by atoms with Crippen molar-refractivity contribution in [3.63, 3.8) is 0 Å². The van der Waals surface area contributed by atoms with Gasteiger partial charge in [-0.05, 0) is 73.7 Å². The van der Waals surface area contributed by atoms with Crippen molar-refractivity contribution in [2.24, 2.45) is 0 Å². The Labute approximate surface area is 243 Å². The zero-order chi connectivity index (χ0) is 29.4. The Kier molecular flexibility index (Phi) is 10.8. The van der Waals surface area contributed by atoms with E-state index in [9.17, 15) is 18.0 Å². The number of carbonyl (C=O) groups excluding carboxylic acids is 2. The lowest BCUT2D eigenvalue weighted by atomic mass is 10.0. The Hall–Kier alpha value is -3.36. The molecule has 0 unspecified atom stereocenters. The molecule has 2 amide bonds. The van der Waals surface area contributed by atoms with Crippen LogP contribution in [0.3, 0.4) is 0 Å².